The molecule has 7 nitrogen and oxygen atoms in total. The first-order valence-electron chi connectivity index (χ1n) is 9.04. The number of pyridine rings is 1. The Labute approximate surface area is 168 Å². The number of halogens is 4. The van der Waals surface area contributed by atoms with E-state index in [9.17, 15) is 18.0 Å². The molecule has 1 aliphatic rings. The Hall–Kier alpha value is -2.46. The van der Waals surface area contributed by atoms with Crippen molar-refractivity contribution in [2.45, 2.75) is 43.9 Å². The van der Waals surface area contributed by atoms with Crippen LogP contribution in [0.1, 0.15) is 49.2 Å². The van der Waals surface area contributed by atoms with Gasteiger partial charge in [0, 0.05) is 19.3 Å². The van der Waals surface area contributed by atoms with Crippen LogP contribution in [0.15, 0.2) is 23.4 Å². The number of aromatic nitrogens is 5. The molecule has 1 atom stereocenters. The lowest BCUT2D eigenvalue weighted by atomic mass is 9.85. The maximum absolute atomic E-state index is 13.0. The van der Waals surface area contributed by atoms with E-state index in [0.29, 0.717) is 17.6 Å². The smallest absolute Gasteiger partial charge is 0.316 e. The Morgan fingerprint density at radius 2 is 1.97 bits per heavy atom. The minimum absolute atomic E-state index is 0.136. The second-order valence-corrected chi connectivity index (χ2v) is 7.64. The van der Waals surface area contributed by atoms with Crippen LogP contribution in [0, 0.1) is 0 Å². The van der Waals surface area contributed by atoms with Gasteiger partial charge in [0.2, 0.25) is 0 Å². The van der Waals surface area contributed by atoms with Gasteiger partial charge in [0.1, 0.15) is 5.52 Å². The van der Waals surface area contributed by atoms with E-state index in [1.807, 2.05) is 0 Å². The fraction of sp³-hybridized carbons (Fsp3) is 0.444. The lowest BCUT2D eigenvalue weighted by Crippen LogP contribution is -2.40. The number of aryl methyl sites for hydroxylation is 1. The zero-order valence-corrected chi connectivity index (χ0v) is 16.4. The van der Waals surface area contributed by atoms with Crippen LogP contribution >= 0.6 is 11.6 Å². The van der Waals surface area contributed by atoms with Gasteiger partial charge < -0.3 is 5.73 Å². The molecule has 3 aromatic heterocycles. The number of nitrogens with two attached hydrogens (primary N) is 1. The lowest BCUT2D eigenvalue weighted by molar-refractivity contribution is -0.141. The highest BCUT2D eigenvalue weighted by Gasteiger charge is 2.39. The minimum atomic E-state index is -4.67. The molecule has 0 spiro atoms. The maximum atomic E-state index is 13.0. The van der Waals surface area contributed by atoms with Crippen LogP contribution in [-0.4, -0.2) is 24.3 Å². The average molecular weight is 427 g/mol. The van der Waals surface area contributed by atoms with E-state index >= 15 is 0 Å². The number of hydrogen-bond acceptors (Lipinski definition) is 5. The van der Waals surface area contributed by atoms with E-state index in [1.165, 1.54) is 11.0 Å². The summed E-state index contributed by atoms with van der Waals surface area (Å²) in [6, 6.07) is 1.29. The van der Waals surface area contributed by atoms with Crippen LogP contribution < -0.4 is 11.3 Å². The molecule has 3 aromatic rings. The zero-order chi connectivity index (χ0) is 21.1. The Kier molecular flexibility index (Phi) is 4.47. The van der Waals surface area contributed by atoms with Crippen molar-refractivity contribution in [3.05, 3.63) is 50.9 Å². The topological polar surface area (TPSA) is 91.6 Å². The van der Waals surface area contributed by atoms with E-state index in [-0.39, 0.29) is 22.7 Å². The van der Waals surface area contributed by atoms with Crippen LogP contribution in [0.4, 0.5) is 13.2 Å². The highest BCUT2D eigenvalue weighted by Crippen LogP contribution is 2.38. The summed E-state index contributed by atoms with van der Waals surface area (Å²) in [6.07, 6.45) is -0.0211. The largest absolute Gasteiger partial charge is 0.434 e. The van der Waals surface area contributed by atoms with Crippen LogP contribution in [0.5, 0.6) is 0 Å². The molecule has 0 aliphatic heterocycles. The molecule has 11 heteroatoms. The van der Waals surface area contributed by atoms with Gasteiger partial charge in [0.05, 0.1) is 22.6 Å². The van der Waals surface area contributed by atoms with Gasteiger partial charge in [-0.25, -0.2) is 9.97 Å². The molecule has 0 radical (unpaired) electrons. The molecule has 154 valence electrons. The van der Waals surface area contributed by atoms with Crippen LogP contribution in [-0.2, 0) is 18.8 Å². The third-order valence-electron chi connectivity index (χ3n) is 5.32. The first-order chi connectivity index (χ1) is 13.6. The van der Waals surface area contributed by atoms with Gasteiger partial charge in [-0.3, -0.25) is 14.0 Å². The van der Waals surface area contributed by atoms with Crippen LogP contribution in [0.3, 0.4) is 0 Å². The van der Waals surface area contributed by atoms with Crippen molar-refractivity contribution in [2.24, 2.45) is 12.8 Å². The first kappa shape index (κ1) is 19.8. The van der Waals surface area contributed by atoms with Crippen molar-refractivity contribution in [1.82, 2.24) is 24.3 Å². The molecule has 3 heterocycles. The normalized spacial score (nSPS) is 16.9. The predicted molar refractivity (Wildman–Crippen MR) is 101 cm³/mol. The average Bonchev–Trinajstić information content (AvgIpc) is 3.42. The summed E-state index contributed by atoms with van der Waals surface area (Å²) >= 11 is 5.85. The molecule has 0 amide bonds. The molecule has 29 heavy (non-hydrogen) atoms. The maximum Gasteiger partial charge on any atom is 0.434 e. The fourth-order valence-electron chi connectivity index (χ4n) is 3.59. The second kappa shape index (κ2) is 6.53. The van der Waals surface area contributed by atoms with Gasteiger partial charge in [-0.15, -0.1) is 0 Å². The lowest BCUT2D eigenvalue weighted by Gasteiger charge is -2.29. The molecule has 1 fully saturated rings. The second-order valence-electron chi connectivity index (χ2n) is 7.23. The SMILES string of the molecule is CC[C@](N)(c1cnc(C(F)(F)F)c(Cl)c1)c1c2ncn(C3CC3)c(=O)c2nn1C. The molecular formula is C18H18ClF3N6O. The third kappa shape index (κ3) is 3.10. The predicted octanol–water partition coefficient (Wildman–Crippen LogP) is 3.14. The van der Waals surface area contributed by atoms with E-state index in [0.717, 1.165) is 25.1 Å². The Morgan fingerprint density at radius 1 is 1.28 bits per heavy atom. The zero-order valence-electron chi connectivity index (χ0n) is 15.7. The minimum Gasteiger partial charge on any atom is -0.316 e. The fourth-order valence-corrected chi connectivity index (χ4v) is 3.86. The Balaban J connectivity index is 1.90. The Bertz CT molecular complexity index is 1170. The standard InChI is InChI=1S/C18H18ClF3N6O/c1-3-17(23,9-6-11(19)14(24-7-9)18(20,21)22)15-12-13(26-27(15)2)16(29)28(8-25-12)10-4-5-10/h6-8,10H,3-5,23H2,1-2H3/t17-/m0/s1. The van der Waals surface area contributed by atoms with E-state index in [2.05, 4.69) is 15.1 Å². The van der Waals surface area contributed by atoms with Crippen molar-refractivity contribution < 1.29 is 13.2 Å². The summed E-state index contributed by atoms with van der Waals surface area (Å²) in [5.74, 6) is 0. The molecule has 0 bridgehead atoms. The van der Waals surface area contributed by atoms with Crippen LogP contribution in [0.25, 0.3) is 11.0 Å². The highest BCUT2D eigenvalue weighted by molar-refractivity contribution is 6.31. The summed E-state index contributed by atoms with van der Waals surface area (Å²) in [6.45, 7) is 1.77. The number of hydrogen-bond donors (Lipinski definition) is 1. The molecule has 4 rings (SSSR count). The molecule has 0 aromatic carbocycles. The number of rotatable bonds is 4. The molecule has 1 aliphatic carbocycles. The van der Waals surface area contributed by atoms with Crippen molar-refractivity contribution in [3.8, 4) is 0 Å². The summed E-state index contributed by atoms with van der Waals surface area (Å²) in [7, 11) is 1.62. The molecule has 1 saturated carbocycles. The highest BCUT2D eigenvalue weighted by atomic mass is 35.5. The van der Waals surface area contributed by atoms with E-state index in [1.54, 1.807) is 18.5 Å². The van der Waals surface area contributed by atoms with Gasteiger partial charge in [0.25, 0.3) is 5.56 Å². The molecule has 0 saturated heterocycles. The first-order valence-corrected chi connectivity index (χ1v) is 9.42. The van der Waals surface area contributed by atoms with E-state index in [4.69, 9.17) is 17.3 Å². The van der Waals surface area contributed by atoms with Gasteiger partial charge in [-0.05, 0) is 30.9 Å². The monoisotopic (exact) mass is 426 g/mol. The van der Waals surface area contributed by atoms with Crippen molar-refractivity contribution in [1.29, 1.82) is 0 Å². The number of alkyl halides is 3. The summed E-state index contributed by atoms with van der Waals surface area (Å²) < 4.78 is 42.1. The van der Waals surface area contributed by atoms with Crippen LogP contribution in [0.2, 0.25) is 5.02 Å². The summed E-state index contributed by atoms with van der Waals surface area (Å²) in [5, 5.41) is 3.76. The molecule has 0 unspecified atom stereocenters. The Morgan fingerprint density at radius 3 is 2.52 bits per heavy atom. The molecule has 2 N–H and O–H groups in total. The van der Waals surface area contributed by atoms with Crippen molar-refractivity contribution >= 4 is 22.6 Å². The van der Waals surface area contributed by atoms with Gasteiger partial charge in [-0.1, -0.05) is 18.5 Å². The third-order valence-corrected chi connectivity index (χ3v) is 5.60. The molecular weight excluding hydrogens is 409 g/mol. The summed E-state index contributed by atoms with van der Waals surface area (Å²) in [4.78, 5) is 20.7. The van der Waals surface area contributed by atoms with Gasteiger partial charge in [0.15, 0.2) is 11.2 Å². The quantitative estimate of drug-likeness (QED) is 0.692. The number of fused-ring (bicyclic) bond motifs is 1. The van der Waals surface area contributed by atoms with Gasteiger partial charge >= 0.3 is 6.18 Å². The summed E-state index contributed by atoms with van der Waals surface area (Å²) in [5.41, 5.74) is 5.08. The van der Waals surface area contributed by atoms with Gasteiger partial charge in [-0.2, -0.15) is 18.3 Å². The van der Waals surface area contributed by atoms with Crippen molar-refractivity contribution in [2.75, 3.05) is 0 Å². The van der Waals surface area contributed by atoms with Crippen molar-refractivity contribution in [3.63, 3.8) is 0 Å². The van der Waals surface area contributed by atoms with E-state index < -0.39 is 22.4 Å². The number of nitrogens with zero attached hydrogens (tertiary/aromatic N) is 5.